The molecule has 0 aliphatic carbocycles. The van der Waals surface area contributed by atoms with Gasteiger partial charge in [0.1, 0.15) is 0 Å². The third-order valence-electron chi connectivity index (χ3n) is 2.64. The Bertz CT molecular complexity index is 723. The van der Waals surface area contributed by atoms with E-state index < -0.39 is 5.97 Å². The van der Waals surface area contributed by atoms with Crippen LogP contribution in [0.4, 0.5) is 17.1 Å². The Morgan fingerprint density at radius 2 is 2.00 bits per heavy atom. The van der Waals surface area contributed by atoms with Gasteiger partial charge >= 0.3 is 5.97 Å². The first kappa shape index (κ1) is 13.7. The minimum atomic E-state index is -1.07. The number of nitrogens with one attached hydrogen (secondary N) is 1. The Morgan fingerprint density at radius 3 is 2.60 bits per heavy atom. The molecule has 100 valence electrons. The quantitative estimate of drug-likeness (QED) is 0.753. The lowest BCUT2D eigenvalue weighted by atomic mass is 10.1. The number of nitriles is 1. The van der Waals surface area contributed by atoms with Gasteiger partial charge in [0.2, 0.25) is 0 Å². The van der Waals surface area contributed by atoms with Crippen molar-refractivity contribution in [2.24, 2.45) is 0 Å². The normalized spacial score (nSPS) is 9.80. The van der Waals surface area contributed by atoms with Crippen LogP contribution < -0.4 is 11.1 Å². The molecule has 4 N–H and O–H groups in total. The van der Waals surface area contributed by atoms with Gasteiger partial charge in [0.05, 0.1) is 33.6 Å². The van der Waals surface area contributed by atoms with E-state index in [2.05, 4.69) is 5.32 Å². The van der Waals surface area contributed by atoms with Crippen molar-refractivity contribution in [3.05, 3.63) is 52.5 Å². The number of nitrogens with zero attached hydrogens (tertiary/aromatic N) is 1. The number of nitrogens with two attached hydrogens (primary N) is 1. The summed E-state index contributed by atoms with van der Waals surface area (Å²) >= 11 is 6.04. The predicted octanol–water partition coefficient (Wildman–Crippen LogP) is 3.24. The highest BCUT2D eigenvalue weighted by molar-refractivity contribution is 6.33. The molecule has 6 heteroatoms. The topological polar surface area (TPSA) is 99.1 Å². The number of nitrogen functional groups attached to an aromatic ring is 1. The molecule has 0 spiro atoms. The van der Waals surface area contributed by atoms with E-state index in [1.807, 2.05) is 6.07 Å². The zero-order chi connectivity index (χ0) is 14.7. The van der Waals surface area contributed by atoms with Crippen molar-refractivity contribution in [1.82, 2.24) is 0 Å². The van der Waals surface area contributed by atoms with Crippen molar-refractivity contribution < 1.29 is 9.90 Å². The van der Waals surface area contributed by atoms with Crippen LogP contribution in [0.5, 0.6) is 0 Å². The molecule has 0 fully saturated rings. The van der Waals surface area contributed by atoms with Gasteiger partial charge in [0, 0.05) is 5.69 Å². The lowest BCUT2D eigenvalue weighted by Gasteiger charge is -2.12. The first-order chi connectivity index (χ1) is 9.51. The summed E-state index contributed by atoms with van der Waals surface area (Å²) in [6.45, 7) is 0. The highest BCUT2D eigenvalue weighted by Gasteiger charge is 2.12. The van der Waals surface area contributed by atoms with Gasteiger partial charge in [-0.05, 0) is 36.4 Å². The fourth-order valence-corrected chi connectivity index (χ4v) is 1.91. The fraction of sp³-hybridized carbons (Fsp3) is 0. The van der Waals surface area contributed by atoms with Gasteiger partial charge in [-0.15, -0.1) is 0 Å². The van der Waals surface area contributed by atoms with Gasteiger partial charge < -0.3 is 16.2 Å². The van der Waals surface area contributed by atoms with Crippen LogP contribution in [0.1, 0.15) is 15.9 Å². The number of carboxylic acid groups (broad SMARTS) is 1. The molecule has 0 saturated heterocycles. The molecule has 0 aromatic heterocycles. The van der Waals surface area contributed by atoms with Gasteiger partial charge in [0.25, 0.3) is 0 Å². The highest BCUT2D eigenvalue weighted by Crippen LogP contribution is 2.29. The second kappa shape index (κ2) is 5.51. The number of carboxylic acids is 1. The molecule has 0 bridgehead atoms. The summed E-state index contributed by atoms with van der Waals surface area (Å²) in [5.74, 6) is -1.07. The molecule has 5 nitrogen and oxygen atoms in total. The van der Waals surface area contributed by atoms with E-state index in [-0.39, 0.29) is 5.56 Å². The van der Waals surface area contributed by atoms with Crippen molar-refractivity contribution in [2.75, 3.05) is 11.1 Å². The zero-order valence-corrected chi connectivity index (χ0v) is 11.0. The lowest BCUT2D eigenvalue weighted by molar-refractivity contribution is 0.0698. The van der Waals surface area contributed by atoms with Crippen LogP contribution in [-0.2, 0) is 0 Å². The van der Waals surface area contributed by atoms with Crippen molar-refractivity contribution in [3.63, 3.8) is 0 Å². The average Bonchev–Trinajstić information content (AvgIpc) is 2.40. The summed E-state index contributed by atoms with van der Waals surface area (Å²) in [5.41, 5.74) is 7.43. The Labute approximate surface area is 120 Å². The molecule has 2 rings (SSSR count). The largest absolute Gasteiger partial charge is 0.478 e. The first-order valence-corrected chi connectivity index (χ1v) is 5.98. The summed E-state index contributed by atoms with van der Waals surface area (Å²) in [4.78, 5) is 11.2. The number of benzene rings is 2. The van der Waals surface area contributed by atoms with Gasteiger partial charge in [-0.25, -0.2) is 4.79 Å². The number of carbonyl (C=O) groups is 1. The van der Waals surface area contributed by atoms with E-state index in [1.54, 1.807) is 12.1 Å². The summed E-state index contributed by atoms with van der Waals surface area (Å²) < 4.78 is 0. The van der Waals surface area contributed by atoms with Crippen LogP contribution >= 0.6 is 11.6 Å². The van der Waals surface area contributed by atoms with Gasteiger partial charge in [-0.1, -0.05) is 11.6 Å². The molecule has 0 amide bonds. The van der Waals surface area contributed by atoms with E-state index in [0.717, 1.165) is 0 Å². The van der Waals surface area contributed by atoms with Crippen molar-refractivity contribution in [3.8, 4) is 6.07 Å². The summed E-state index contributed by atoms with van der Waals surface area (Å²) in [6, 6.07) is 11.1. The molecular weight excluding hydrogens is 278 g/mol. The van der Waals surface area contributed by atoms with Crippen LogP contribution in [0, 0.1) is 11.3 Å². The number of aromatic carboxylic acids is 1. The third kappa shape index (κ3) is 2.82. The number of halogens is 1. The van der Waals surface area contributed by atoms with E-state index in [1.165, 1.54) is 24.3 Å². The molecule has 0 aliphatic heterocycles. The zero-order valence-electron chi connectivity index (χ0n) is 10.2. The standard InChI is InChI=1S/C14H10ClN3O2/c15-11-5-8(7-16)1-4-12(11)18-13-6-9(17)2-3-10(13)14(19)20/h1-6,18H,17H2,(H,19,20). The number of hydrogen-bond donors (Lipinski definition) is 3. The maximum atomic E-state index is 11.2. The van der Waals surface area contributed by atoms with E-state index in [0.29, 0.717) is 27.6 Å². The minimum Gasteiger partial charge on any atom is -0.478 e. The highest BCUT2D eigenvalue weighted by atomic mass is 35.5. The molecule has 0 radical (unpaired) electrons. The fourth-order valence-electron chi connectivity index (χ4n) is 1.68. The van der Waals surface area contributed by atoms with E-state index in [4.69, 9.17) is 27.7 Å². The van der Waals surface area contributed by atoms with Gasteiger partial charge in [-0.3, -0.25) is 0 Å². The Morgan fingerprint density at radius 1 is 1.25 bits per heavy atom. The van der Waals surface area contributed by atoms with Crippen molar-refractivity contribution in [1.29, 1.82) is 5.26 Å². The molecular formula is C14H10ClN3O2. The second-order valence-corrected chi connectivity index (χ2v) is 4.45. The lowest BCUT2D eigenvalue weighted by Crippen LogP contribution is -2.04. The number of anilines is 3. The SMILES string of the molecule is N#Cc1ccc(Nc2cc(N)ccc2C(=O)O)c(Cl)c1. The maximum absolute atomic E-state index is 11.2. The molecule has 0 aliphatic rings. The molecule has 0 atom stereocenters. The Kier molecular flexibility index (Phi) is 3.78. The average molecular weight is 288 g/mol. The van der Waals surface area contributed by atoms with Crippen molar-refractivity contribution in [2.45, 2.75) is 0 Å². The summed E-state index contributed by atoms with van der Waals surface area (Å²) in [7, 11) is 0. The Hall–Kier alpha value is -2.71. The maximum Gasteiger partial charge on any atom is 0.337 e. The van der Waals surface area contributed by atoms with E-state index in [9.17, 15) is 4.79 Å². The molecule has 0 heterocycles. The number of hydrogen-bond acceptors (Lipinski definition) is 4. The van der Waals surface area contributed by atoms with Crippen LogP contribution in [0.2, 0.25) is 5.02 Å². The van der Waals surface area contributed by atoms with Crippen LogP contribution in [-0.4, -0.2) is 11.1 Å². The molecule has 2 aromatic rings. The molecule has 0 unspecified atom stereocenters. The van der Waals surface area contributed by atoms with Crippen LogP contribution in [0.3, 0.4) is 0 Å². The molecule has 0 saturated carbocycles. The number of rotatable bonds is 3. The molecule has 2 aromatic carbocycles. The van der Waals surface area contributed by atoms with Crippen LogP contribution in [0.25, 0.3) is 0 Å². The van der Waals surface area contributed by atoms with Crippen LogP contribution in [0.15, 0.2) is 36.4 Å². The smallest absolute Gasteiger partial charge is 0.337 e. The first-order valence-electron chi connectivity index (χ1n) is 5.61. The van der Waals surface area contributed by atoms with Crippen molar-refractivity contribution >= 4 is 34.6 Å². The van der Waals surface area contributed by atoms with Gasteiger partial charge in [-0.2, -0.15) is 5.26 Å². The summed E-state index contributed by atoms with van der Waals surface area (Å²) in [6.07, 6.45) is 0. The minimum absolute atomic E-state index is 0.0830. The molecule has 20 heavy (non-hydrogen) atoms. The van der Waals surface area contributed by atoms with E-state index >= 15 is 0 Å². The Balaban J connectivity index is 2.42. The third-order valence-corrected chi connectivity index (χ3v) is 2.95. The second-order valence-electron chi connectivity index (χ2n) is 4.04. The predicted molar refractivity (Wildman–Crippen MR) is 77.3 cm³/mol. The monoisotopic (exact) mass is 287 g/mol. The summed E-state index contributed by atoms with van der Waals surface area (Å²) in [5, 5.41) is 21.1. The van der Waals surface area contributed by atoms with Gasteiger partial charge in [0.15, 0.2) is 0 Å².